The number of esters is 1. The lowest BCUT2D eigenvalue weighted by Crippen LogP contribution is -2.34. The largest absolute Gasteiger partial charge is 0.480 e. The monoisotopic (exact) mass is 946 g/mol. The van der Waals surface area contributed by atoms with Crippen molar-refractivity contribution in [3.8, 4) is 0 Å². The molecule has 10 nitrogen and oxygen atoms in total. The van der Waals surface area contributed by atoms with Crippen molar-refractivity contribution >= 4 is 19.8 Å². The van der Waals surface area contributed by atoms with Crippen LogP contribution in [-0.4, -0.2) is 60.5 Å². The highest BCUT2D eigenvalue weighted by atomic mass is 31.2. The predicted octanol–water partition coefficient (Wildman–Crippen LogP) is 16.7. The normalized spacial score (nSPS) is 13.5. The van der Waals surface area contributed by atoms with Crippen LogP contribution in [0.25, 0.3) is 0 Å². The number of rotatable bonds is 55. The Balaban J connectivity index is 4.00. The number of carboxylic acids is 1. The highest BCUT2D eigenvalue weighted by Crippen LogP contribution is 2.43. The Morgan fingerprint density at radius 3 is 1.02 bits per heavy atom. The molecule has 0 aromatic heterocycles. The van der Waals surface area contributed by atoms with Crippen molar-refractivity contribution in [3.63, 3.8) is 0 Å². The number of nitrogens with two attached hydrogens (primary N) is 1. The van der Waals surface area contributed by atoms with Crippen LogP contribution < -0.4 is 5.73 Å². The molecule has 11 heteroatoms. The first-order valence-electron chi connectivity index (χ1n) is 28.1. The molecule has 65 heavy (non-hydrogen) atoms. The van der Waals surface area contributed by atoms with Gasteiger partial charge >= 0.3 is 19.8 Å². The highest BCUT2D eigenvalue weighted by Gasteiger charge is 2.27. The summed E-state index contributed by atoms with van der Waals surface area (Å²) in [4.78, 5) is 33.8. The van der Waals surface area contributed by atoms with Gasteiger partial charge in [0.15, 0.2) is 0 Å². The van der Waals surface area contributed by atoms with Gasteiger partial charge in [-0.3, -0.25) is 18.6 Å². The van der Waals surface area contributed by atoms with Crippen molar-refractivity contribution in [2.24, 2.45) is 5.73 Å². The molecule has 0 saturated heterocycles. The molecule has 0 rings (SSSR count). The van der Waals surface area contributed by atoms with Gasteiger partial charge in [-0.1, -0.05) is 277 Å². The fraction of sp³-hybridized carbons (Fsp3) is 0.963. The number of unbranched alkanes of at least 4 members (excludes halogenated alkanes) is 41. The van der Waals surface area contributed by atoms with E-state index >= 15 is 0 Å². The van der Waals surface area contributed by atoms with E-state index in [1.54, 1.807) is 0 Å². The summed E-state index contributed by atoms with van der Waals surface area (Å²) in [5.74, 6) is -1.76. The Morgan fingerprint density at radius 1 is 0.431 bits per heavy atom. The molecule has 0 fully saturated rings. The maximum Gasteiger partial charge on any atom is 0.472 e. The second kappa shape index (κ2) is 50.8. The van der Waals surface area contributed by atoms with Crippen LogP contribution in [0.3, 0.4) is 0 Å². The Hall–Kier alpha value is -1.03. The molecule has 0 bridgehead atoms. The molecule has 1 unspecified atom stereocenters. The van der Waals surface area contributed by atoms with Crippen LogP contribution >= 0.6 is 7.82 Å². The molecular weight excluding hydrogens is 838 g/mol. The van der Waals surface area contributed by atoms with Crippen LogP contribution in [0.4, 0.5) is 0 Å². The summed E-state index contributed by atoms with van der Waals surface area (Å²) in [6.07, 6.45) is 56.0. The highest BCUT2D eigenvalue weighted by molar-refractivity contribution is 7.47. The topological polar surface area (TPSA) is 155 Å². The van der Waals surface area contributed by atoms with E-state index in [0.29, 0.717) is 6.61 Å². The van der Waals surface area contributed by atoms with Gasteiger partial charge in [0.05, 0.1) is 19.8 Å². The summed E-state index contributed by atoms with van der Waals surface area (Å²) >= 11 is 0. The lowest BCUT2D eigenvalue weighted by Gasteiger charge is -2.20. The third-order valence-electron chi connectivity index (χ3n) is 12.9. The fourth-order valence-corrected chi connectivity index (χ4v) is 9.33. The van der Waals surface area contributed by atoms with Gasteiger partial charge in [-0.2, -0.15) is 0 Å². The summed E-state index contributed by atoms with van der Waals surface area (Å²) in [7, 11) is -4.62. The van der Waals surface area contributed by atoms with Gasteiger partial charge in [-0.15, -0.1) is 0 Å². The van der Waals surface area contributed by atoms with Gasteiger partial charge in [-0.25, -0.2) is 4.57 Å². The molecule has 0 aromatic rings. The number of carbonyl (C=O) groups is 2. The summed E-state index contributed by atoms with van der Waals surface area (Å²) in [6.45, 7) is 3.97. The number of hydrogen-bond donors (Lipinski definition) is 3. The summed E-state index contributed by atoms with van der Waals surface area (Å²) in [5, 5.41) is 8.94. The Labute approximate surface area is 401 Å². The number of aliphatic carboxylic acids is 1. The first kappa shape index (κ1) is 64.0. The molecule has 0 heterocycles. The summed E-state index contributed by atoms with van der Waals surface area (Å²) < 4.78 is 33.6. The van der Waals surface area contributed by atoms with Gasteiger partial charge in [0.25, 0.3) is 0 Å². The molecule has 0 aliphatic rings. The zero-order valence-electron chi connectivity index (χ0n) is 42.9. The second-order valence-electron chi connectivity index (χ2n) is 19.4. The van der Waals surface area contributed by atoms with Crippen molar-refractivity contribution in [2.75, 3.05) is 26.4 Å². The van der Waals surface area contributed by atoms with E-state index in [-0.39, 0.29) is 13.0 Å². The van der Waals surface area contributed by atoms with Crippen molar-refractivity contribution < 1.29 is 42.7 Å². The molecule has 0 aliphatic heterocycles. The van der Waals surface area contributed by atoms with Crippen LogP contribution in [0.5, 0.6) is 0 Å². The minimum Gasteiger partial charge on any atom is -0.480 e. The van der Waals surface area contributed by atoms with Crippen LogP contribution in [0, 0.1) is 0 Å². The van der Waals surface area contributed by atoms with E-state index in [2.05, 4.69) is 13.8 Å². The molecule has 0 amide bonds. The van der Waals surface area contributed by atoms with Crippen LogP contribution in [-0.2, 0) is 32.7 Å². The predicted molar refractivity (Wildman–Crippen MR) is 273 cm³/mol. The van der Waals surface area contributed by atoms with Gasteiger partial charge in [-0.05, 0) is 12.8 Å². The fourth-order valence-electron chi connectivity index (χ4n) is 8.55. The average molecular weight is 946 g/mol. The Kier molecular flexibility index (Phi) is 50.0. The van der Waals surface area contributed by atoms with E-state index < -0.39 is 45.1 Å². The van der Waals surface area contributed by atoms with Gasteiger partial charge in [0.1, 0.15) is 12.1 Å². The van der Waals surface area contributed by atoms with Crippen molar-refractivity contribution in [3.05, 3.63) is 0 Å². The average Bonchev–Trinajstić information content (AvgIpc) is 3.29. The zero-order valence-corrected chi connectivity index (χ0v) is 43.8. The standard InChI is InChI=1S/C54H108NO9P/c1-3-5-7-9-11-13-15-17-19-21-23-24-25-26-27-28-29-30-32-34-36-38-40-42-44-46-53(56)64-51(49-62-65(59,60)63-50-52(55)54(57)58)48-61-47-45-43-41-39-37-35-33-31-22-20-18-16-14-12-10-8-6-4-2/h51-52H,3-50,55H2,1-2H3,(H,57,58)(H,59,60)/t51-,52+/m1/s1. The van der Waals surface area contributed by atoms with Crippen LogP contribution in [0.2, 0.25) is 0 Å². The van der Waals surface area contributed by atoms with Gasteiger partial charge in [0, 0.05) is 13.0 Å². The first-order chi connectivity index (χ1) is 31.7. The minimum atomic E-state index is -4.62. The number of phosphoric ester groups is 1. The lowest BCUT2D eigenvalue weighted by atomic mass is 10.0. The quantitative estimate of drug-likeness (QED) is 0.0305. The van der Waals surface area contributed by atoms with Gasteiger partial charge in [0.2, 0.25) is 0 Å². The smallest absolute Gasteiger partial charge is 0.472 e. The molecular formula is C54H108NO9P. The maximum atomic E-state index is 12.7. The number of carbonyl (C=O) groups excluding carboxylic acids is 1. The van der Waals surface area contributed by atoms with E-state index in [1.807, 2.05) is 0 Å². The SMILES string of the molecule is CCCCCCCCCCCCCCCCCCCCCCCCCCCC(=O)O[C@H](COCCCCCCCCCCCCCCCCCCCC)COP(=O)(O)OC[C@H](N)C(=O)O. The van der Waals surface area contributed by atoms with Crippen molar-refractivity contribution in [1.82, 2.24) is 0 Å². The molecule has 0 radical (unpaired) electrons. The Morgan fingerprint density at radius 2 is 0.708 bits per heavy atom. The van der Waals surface area contributed by atoms with E-state index in [1.165, 1.54) is 238 Å². The molecule has 0 spiro atoms. The number of phosphoric acid groups is 1. The number of carboxylic acid groups (broad SMARTS) is 1. The number of ether oxygens (including phenoxy) is 2. The molecule has 388 valence electrons. The zero-order chi connectivity index (χ0) is 47.6. The lowest BCUT2D eigenvalue weighted by molar-refractivity contribution is -0.154. The van der Waals surface area contributed by atoms with Crippen LogP contribution in [0.15, 0.2) is 0 Å². The third kappa shape index (κ3) is 50.7. The maximum absolute atomic E-state index is 12.7. The molecule has 4 N–H and O–H groups in total. The van der Waals surface area contributed by atoms with E-state index in [4.69, 9.17) is 29.4 Å². The molecule has 3 atom stereocenters. The molecule has 0 saturated carbocycles. The molecule has 0 aliphatic carbocycles. The van der Waals surface area contributed by atoms with Crippen molar-refractivity contribution in [2.45, 2.75) is 309 Å². The van der Waals surface area contributed by atoms with Crippen LogP contribution in [0.1, 0.15) is 296 Å². The van der Waals surface area contributed by atoms with E-state index in [0.717, 1.165) is 38.5 Å². The molecule has 0 aromatic carbocycles. The Bertz CT molecular complexity index is 1050. The minimum absolute atomic E-state index is 0.0266. The second-order valence-corrected chi connectivity index (χ2v) is 20.9. The summed E-state index contributed by atoms with van der Waals surface area (Å²) in [6, 6.07) is -1.47. The van der Waals surface area contributed by atoms with Crippen molar-refractivity contribution in [1.29, 1.82) is 0 Å². The van der Waals surface area contributed by atoms with Gasteiger partial charge < -0.3 is 25.2 Å². The summed E-state index contributed by atoms with van der Waals surface area (Å²) in [5.41, 5.74) is 5.38. The third-order valence-corrected chi connectivity index (χ3v) is 13.8. The number of hydrogen-bond acceptors (Lipinski definition) is 8. The van der Waals surface area contributed by atoms with E-state index in [9.17, 15) is 19.0 Å². The first-order valence-corrected chi connectivity index (χ1v) is 29.6.